The normalized spacial score (nSPS) is 20.7. The van der Waals surface area contributed by atoms with Gasteiger partial charge in [-0.25, -0.2) is 0 Å². The van der Waals surface area contributed by atoms with Gasteiger partial charge in [0.05, 0.1) is 0 Å². The van der Waals surface area contributed by atoms with Crippen molar-refractivity contribution in [3.63, 3.8) is 0 Å². The lowest BCUT2D eigenvalue weighted by atomic mass is 9.82. The summed E-state index contributed by atoms with van der Waals surface area (Å²) in [4.78, 5) is 10.9. The second-order valence-electron chi connectivity index (χ2n) is 3.84. The number of hydrogen-bond acceptors (Lipinski definition) is 2. The predicted molar refractivity (Wildman–Crippen MR) is 51.4 cm³/mol. The summed E-state index contributed by atoms with van der Waals surface area (Å²) in [6, 6.07) is 0. The monoisotopic (exact) mass is 183 g/mol. The standard InChI is InChI=1S/C10H17NO2/c1-3-9(12)11-8-10(2)4-6-13-7-5-10/h3H,1,4-8H2,2H3,(H,11,12). The molecule has 0 aromatic carbocycles. The molecule has 1 fully saturated rings. The van der Waals surface area contributed by atoms with Gasteiger partial charge in [0.25, 0.3) is 0 Å². The summed E-state index contributed by atoms with van der Waals surface area (Å²) in [5, 5.41) is 2.83. The molecule has 74 valence electrons. The lowest BCUT2D eigenvalue weighted by molar-refractivity contribution is -0.117. The zero-order chi connectivity index (χ0) is 9.73. The maximum atomic E-state index is 10.9. The van der Waals surface area contributed by atoms with E-state index in [2.05, 4.69) is 18.8 Å². The number of rotatable bonds is 3. The van der Waals surface area contributed by atoms with Crippen molar-refractivity contribution in [2.75, 3.05) is 19.8 Å². The molecule has 1 aliphatic heterocycles. The van der Waals surface area contributed by atoms with Gasteiger partial charge in [0.15, 0.2) is 0 Å². The lowest BCUT2D eigenvalue weighted by Crippen LogP contribution is -2.38. The molecular formula is C10H17NO2. The fraction of sp³-hybridized carbons (Fsp3) is 0.700. The van der Waals surface area contributed by atoms with Crippen LogP contribution < -0.4 is 5.32 Å². The molecule has 1 N–H and O–H groups in total. The Balaban J connectivity index is 2.32. The molecule has 0 atom stereocenters. The van der Waals surface area contributed by atoms with Crippen LogP contribution in [0.3, 0.4) is 0 Å². The molecule has 1 amide bonds. The molecule has 3 nitrogen and oxygen atoms in total. The summed E-state index contributed by atoms with van der Waals surface area (Å²) in [5.74, 6) is -0.0901. The minimum atomic E-state index is -0.0901. The highest BCUT2D eigenvalue weighted by atomic mass is 16.5. The SMILES string of the molecule is C=CC(=O)NCC1(C)CCOCC1. The summed E-state index contributed by atoms with van der Waals surface area (Å²) in [6.07, 6.45) is 3.34. The number of nitrogens with one attached hydrogen (secondary N) is 1. The topological polar surface area (TPSA) is 38.3 Å². The van der Waals surface area contributed by atoms with Crippen LogP contribution in [0.5, 0.6) is 0 Å². The Morgan fingerprint density at radius 3 is 2.77 bits per heavy atom. The van der Waals surface area contributed by atoms with Gasteiger partial charge >= 0.3 is 0 Å². The zero-order valence-corrected chi connectivity index (χ0v) is 8.14. The van der Waals surface area contributed by atoms with Crippen LogP contribution in [0.4, 0.5) is 0 Å². The van der Waals surface area contributed by atoms with Crippen LogP contribution >= 0.6 is 0 Å². The fourth-order valence-corrected chi connectivity index (χ4v) is 1.41. The third kappa shape index (κ3) is 3.19. The number of carbonyl (C=O) groups is 1. The van der Waals surface area contributed by atoms with E-state index in [4.69, 9.17) is 4.74 Å². The largest absolute Gasteiger partial charge is 0.381 e. The van der Waals surface area contributed by atoms with Gasteiger partial charge in [0, 0.05) is 19.8 Å². The second kappa shape index (κ2) is 4.42. The van der Waals surface area contributed by atoms with Crippen LogP contribution in [0.15, 0.2) is 12.7 Å². The minimum Gasteiger partial charge on any atom is -0.381 e. The van der Waals surface area contributed by atoms with Crippen LogP contribution in [0, 0.1) is 5.41 Å². The van der Waals surface area contributed by atoms with Crippen molar-refractivity contribution in [2.24, 2.45) is 5.41 Å². The Bertz CT molecular complexity index is 195. The molecule has 0 saturated carbocycles. The van der Waals surface area contributed by atoms with Crippen molar-refractivity contribution >= 4 is 5.91 Å². The molecule has 0 aromatic rings. The van der Waals surface area contributed by atoms with Gasteiger partial charge in [0.2, 0.25) is 5.91 Å². The average molecular weight is 183 g/mol. The van der Waals surface area contributed by atoms with E-state index in [1.54, 1.807) is 0 Å². The maximum Gasteiger partial charge on any atom is 0.243 e. The Labute approximate surface area is 79.2 Å². The number of carbonyl (C=O) groups excluding carboxylic acids is 1. The van der Waals surface area contributed by atoms with Crippen molar-refractivity contribution < 1.29 is 9.53 Å². The molecule has 3 heteroatoms. The van der Waals surface area contributed by atoms with Gasteiger partial charge in [-0.05, 0) is 24.3 Å². The van der Waals surface area contributed by atoms with E-state index in [1.807, 2.05) is 0 Å². The van der Waals surface area contributed by atoms with Crippen LogP contribution in [0.1, 0.15) is 19.8 Å². The van der Waals surface area contributed by atoms with E-state index in [1.165, 1.54) is 6.08 Å². The molecule has 0 aliphatic carbocycles. The maximum absolute atomic E-state index is 10.9. The van der Waals surface area contributed by atoms with Crippen molar-refractivity contribution in [1.29, 1.82) is 0 Å². The first-order valence-electron chi connectivity index (χ1n) is 4.64. The van der Waals surface area contributed by atoms with E-state index < -0.39 is 0 Å². The van der Waals surface area contributed by atoms with Crippen molar-refractivity contribution in [1.82, 2.24) is 5.32 Å². The van der Waals surface area contributed by atoms with E-state index in [0.717, 1.165) is 32.6 Å². The van der Waals surface area contributed by atoms with Gasteiger partial charge in [-0.1, -0.05) is 13.5 Å². The van der Waals surface area contributed by atoms with Crippen molar-refractivity contribution in [3.8, 4) is 0 Å². The Morgan fingerprint density at radius 1 is 1.62 bits per heavy atom. The Hall–Kier alpha value is -0.830. The first-order chi connectivity index (χ1) is 6.16. The summed E-state index contributed by atoms with van der Waals surface area (Å²) >= 11 is 0. The van der Waals surface area contributed by atoms with Crippen LogP contribution in [0.2, 0.25) is 0 Å². The number of hydrogen-bond donors (Lipinski definition) is 1. The Morgan fingerprint density at radius 2 is 2.23 bits per heavy atom. The third-order valence-electron chi connectivity index (χ3n) is 2.57. The van der Waals surface area contributed by atoms with Crippen molar-refractivity contribution in [3.05, 3.63) is 12.7 Å². The summed E-state index contributed by atoms with van der Waals surface area (Å²) in [6.45, 7) is 7.93. The molecule has 0 spiro atoms. The highest BCUT2D eigenvalue weighted by molar-refractivity contribution is 5.86. The number of amides is 1. The molecule has 0 unspecified atom stereocenters. The van der Waals surface area contributed by atoms with Gasteiger partial charge in [-0.3, -0.25) is 4.79 Å². The average Bonchev–Trinajstić information content (AvgIpc) is 2.15. The van der Waals surface area contributed by atoms with Crippen LogP contribution in [-0.2, 0) is 9.53 Å². The van der Waals surface area contributed by atoms with Gasteiger partial charge < -0.3 is 10.1 Å². The first-order valence-corrected chi connectivity index (χ1v) is 4.64. The van der Waals surface area contributed by atoms with Gasteiger partial charge in [-0.2, -0.15) is 0 Å². The molecule has 1 saturated heterocycles. The predicted octanol–water partition coefficient (Wildman–Crippen LogP) is 1.11. The molecule has 13 heavy (non-hydrogen) atoms. The highest BCUT2D eigenvalue weighted by Gasteiger charge is 2.27. The van der Waals surface area contributed by atoms with Gasteiger partial charge in [-0.15, -0.1) is 0 Å². The molecule has 0 radical (unpaired) electrons. The quantitative estimate of drug-likeness (QED) is 0.665. The lowest BCUT2D eigenvalue weighted by Gasteiger charge is -2.33. The molecule has 1 aliphatic rings. The summed E-state index contributed by atoms with van der Waals surface area (Å²) < 4.78 is 5.27. The smallest absolute Gasteiger partial charge is 0.243 e. The molecule has 1 rings (SSSR count). The van der Waals surface area contributed by atoms with E-state index in [-0.39, 0.29) is 11.3 Å². The summed E-state index contributed by atoms with van der Waals surface area (Å²) in [7, 11) is 0. The van der Waals surface area contributed by atoms with Crippen LogP contribution in [0.25, 0.3) is 0 Å². The van der Waals surface area contributed by atoms with Gasteiger partial charge in [0.1, 0.15) is 0 Å². The first kappa shape index (κ1) is 10.3. The molecule has 0 bridgehead atoms. The third-order valence-corrected chi connectivity index (χ3v) is 2.57. The zero-order valence-electron chi connectivity index (χ0n) is 8.14. The van der Waals surface area contributed by atoms with E-state index in [9.17, 15) is 4.79 Å². The van der Waals surface area contributed by atoms with E-state index >= 15 is 0 Å². The van der Waals surface area contributed by atoms with E-state index in [0.29, 0.717) is 0 Å². The highest BCUT2D eigenvalue weighted by Crippen LogP contribution is 2.28. The van der Waals surface area contributed by atoms with Crippen LogP contribution in [-0.4, -0.2) is 25.7 Å². The molecular weight excluding hydrogens is 166 g/mol. The molecule has 0 aromatic heterocycles. The fourth-order valence-electron chi connectivity index (χ4n) is 1.41. The number of ether oxygens (including phenoxy) is 1. The van der Waals surface area contributed by atoms with Crippen molar-refractivity contribution in [2.45, 2.75) is 19.8 Å². The minimum absolute atomic E-state index is 0.0901. The second-order valence-corrected chi connectivity index (χ2v) is 3.84. The Kier molecular flexibility index (Phi) is 3.48. The summed E-state index contributed by atoms with van der Waals surface area (Å²) in [5.41, 5.74) is 0.205. The molecule has 1 heterocycles.